The van der Waals surface area contributed by atoms with Crippen LogP contribution < -0.4 is 0 Å². The van der Waals surface area contributed by atoms with Crippen molar-refractivity contribution in [2.75, 3.05) is 25.7 Å². The maximum absolute atomic E-state index is 12.4. The van der Waals surface area contributed by atoms with Crippen molar-refractivity contribution in [1.82, 2.24) is 10.3 Å². The van der Waals surface area contributed by atoms with Crippen LogP contribution in [-0.4, -0.2) is 80.7 Å². The van der Waals surface area contributed by atoms with Gasteiger partial charge < -0.3 is 19.5 Å². The first-order chi connectivity index (χ1) is 15.2. The number of ether oxygens (including phenoxy) is 2. The van der Waals surface area contributed by atoms with E-state index < -0.39 is 41.4 Å². The van der Waals surface area contributed by atoms with Gasteiger partial charge in [0.15, 0.2) is 0 Å². The molecule has 0 aromatic heterocycles. The summed E-state index contributed by atoms with van der Waals surface area (Å²) in [5, 5.41) is 25.1. The van der Waals surface area contributed by atoms with Crippen LogP contribution in [0.25, 0.3) is 0 Å². The molecule has 178 valence electrons. The minimum atomic E-state index is -1.04. The van der Waals surface area contributed by atoms with Crippen molar-refractivity contribution >= 4 is 34.9 Å². The number of carboxylic acids is 1. The number of likely N-dealkylation sites (tertiary alicyclic amines) is 1. The van der Waals surface area contributed by atoms with Crippen LogP contribution in [-0.2, 0) is 28.7 Å². The Bertz CT molecular complexity index is 782. The van der Waals surface area contributed by atoms with Crippen molar-refractivity contribution in [3.05, 3.63) is 23.3 Å². The zero-order valence-corrected chi connectivity index (χ0v) is 18.3. The average Bonchev–Trinajstić information content (AvgIpc) is 3.26. The number of allylic oxidation sites excluding steroid dienone is 2. The quantitative estimate of drug-likeness (QED) is 0.239. The molecule has 12 nitrogen and oxygen atoms in total. The first-order valence-electron chi connectivity index (χ1n) is 9.88. The number of aliphatic carboxylic acids is 1. The molecule has 2 rings (SSSR count). The third-order valence-electron chi connectivity index (χ3n) is 4.92. The molecule has 0 unspecified atom stereocenters. The maximum atomic E-state index is 12.4. The van der Waals surface area contributed by atoms with Crippen LogP contribution in [0.1, 0.15) is 32.6 Å². The third kappa shape index (κ3) is 7.91. The van der Waals surface area contributed by atoms with Crippen molar-refractivity contribution in [2.24, 2.45) is 5.92 Å². The van der Waals surface area contributed by atoms with Gasteiger partial charge in [-0.25, -0.2) is 19.2 Å². The minimum Gasteiger partial charge on any atom is -0.480 e. The van der Waals surface area contributed by atoms with E-state index in [1.807, 2.05) is 0 Å². The monoisotopic (exact) mass is 474 g/mol. The molecule has 0 bridgehead atoms. The number of esters is 1. The van der Waals surface area contributed by atoms with Gasteiger partial charge in [0, 0.05) is 23.8 Å². The first-order valence-corrected chi connectivity index (χ1v) is 10.9. The molecule has 1 heterocycles. The lowest BCUT2D eigenvalue weighted by molar-refractivity contribution is -0.489. The Labute approximate surface area is 188 Å². The van der Waals surface area contributed by atoms with Crippen LogP contribution in [0.4, 0.5) is 4.79 Å². The molecule has 1 amide bonds. The van der Waals surface area contributed by atoms with E-state index >= 15 is 0 Å². The van der Waals surface area contributed by atoms with Crippen LogP contribution in [0.3, 0.4) is 0 Å². The number of rotatable bonds is 10. The fourth-order valence-corrected chi connectivity index (χ4v) is 3.87. The highest BCUT2D eigenvalue weighted by atomic mass is 32.2. The molecule has 0 aromatic rings. The summed E-state index contributed by atoms with van der Waals surface area (Å²) in [6.07, 6.45) is 4.95. The second-order valence-corrected chi connectivity index (χ2v) is 8.18. The number of hydrogen-bond donors (Lipinski definition) is 3. The van der Waals surface area contributed by atoms with Gasteiger partial charge in [0.1, 0.15) is 6.04 Å². The Kier molecular flexibility index (Phi) is 10.1. The molecule has 13 heteroatoms. The van der Waals surface area contributed by atoms with E-state index in [-0.39, 0.29) is 18.3 Å². The molecule has 0 radical (unpaired) electrons. The molecule has 32 heavy (non-hydrogen) atoms. The van der Waals surface area contributed by atoms with Crippen LogP contribution in [0, 0.1) is 5.92 Å². The van der Waals surface area contributed by atoms with Crippen molar-refractivity contribution in [3.8, 4) is 0 Å². The smallest absolute Gasteiger partial charge is 0.370 e. The predicted molar refractivity (Wildman–Crippen MR) is 108 cm³/mol. The van der Waals surface area contributed by atoms with Crippen molar-refractivity contribution in [3.63, 3.8) is 0 Å². The highest BCUT2D eigenvalue weighted by molar-refractivity contribution is 8.13. The largest absolute Gasteiger partial charge is 0.480 e. The number of thioether (sulfide) groups is 1. The molecule has 2 aliphatic rings. The Morgan fingerprint density at radius 1 is 1.22 bits per heavy atom. The predicted octanol–water partition coefficient (Wildman–Crippen LogP) is 1.73. The van der Waals surface area contributed by atoms with Crippen LogP contribution >= 0.6 is 11.8 Å². The summed E-state index contributed by atoms with van der Waals surface area (Å²) < 4.78 is 9.75. The molecule has 0 saturated carbocycles. The number of amides is 1. The van der Waals surface area contributed by atoms with Crippen molar-refractivity contribution < 1.29 is 49.0 Å². The molecule has 1 saturated heterocycles. The topological polar surface area (TPSA) is 163 Å². The highest BCUT2D eigenvalue weighted by Gasteiger charge is 2.35. The van der Waals surface area contributed by atoms with Gasteiger partial charge in [-0.3, -0.25) is 15.2 Å². The first kappa shape index (κ1) is 25.8. The lowest BCUT2D eigenvalue weighted by Crippen LogP contribution is -2.43. The molecule has 0 aromatic carbocycles. The van der Waals surface area contributed by atoms with Gasteiger partial charge in [-0.1, -0.05) is 19.1 Å². The molecule has 0 spiro atoms. The van der Waals surface area contributed by atoms with Crippen LogP contribution in [0.2, 0.25) is 0 Å². The van der Waals surface area contributed by atoms with Gasteiger partial charge in [-0.2, -0.15) is 0 Å². The molecule has 1 aliphatic heterocycles. The van der Waals surface area contributed by atoms with E-state index in [0.717, 1.165) is 17.3 Å². The van der Waals surface area contributed by atoms with E-state index in [1.54, 1.807) is 13.0 Å². The van der Waals surface area contributed by atoms with E-state index in [4.69, 9.17) is 19.9 Å². The number of carbonyl (C=O) groups is 4. The van der Waals surface area contributed by atoms with Gasteiger partial charge >= 0.3 is 17.2 Å². The molecular formula is C19H26N2O10S. The second kappa shape index (κ2) is 12.6. The summed E-state index contributed by atoms with van der Waals surface area (Å²) in [7, 11) is 0. The lowest BCUT2D eigenvalue weighted by atomic mass is 9.99. The summed E-state index contributed by atoms with van der Waals surface area (Å²) in [6, 6.07) is -0.826. The van der Waals surface area contributed by atoms with Gasteiger partial charge in [-0.05, 0) is 43.0 Å². The van der Waals surface area contributed by atoms with Crippen LogP contribution in [0.5, 0.6) is 0 Å². The lowest BCUT2D eigenvalue weighted by Gasteiger charge is -2.24. The maximum Gasteiger partial charge on any atom is 0.370 e. The summed E-state index contributed by atoms with van der Waals surface area (Å²) in [6.45, 7) is 1.37. The van der Waals surface area contributed by atoms with Gasteiger partial charge in [0.2, 0.25) is 12.7 Å². The Morgan fingerprint density at radius 2 is 1.97 bits per heavy atom. The second-order valence-electron chi connectivity index (χ2n) is 7.23. The van der Waals surface area contributed by atoms with Crippen molar-refractivity contribution in [2.45, 2.75) is 38.6 Å². The standard InChI is InChI=1S/C19H26N2O10S/c1-12(16(22)20-8-2-3-15(20)17(23)24)10-32-19(26)30-11-29-18(25)14-6-4-13(5-7-14)9-31-21(27)28/h4,6,12,15,27-28H,2-3,5,7-11H2,1H3,(H,23,24)/t12-,15+/m1/s1. The zero-order chi connectivity index (χ0) is 23.7. The highest BCUT2D eigenvalue weighted by Crippen LogP contribution is 2.23. The number of carbonyl (C=O) groups excluding carboxylic acids is 3. The van der Waals surface area contributed by atoms with Gasteiger partial charge in [0.25, 0.3) is 0 Å². The zero-order valence-electron chi connectivity index (χ0n) is 17.5. The number of nitrogens with zero attached hydrogens (tertiary/aromatic N) is 2. The minimum absolute atomic E-state index is 0.0453. The SMILES string of the molecule is C[C@H](CSC(=O)OCOC(=O)C1=CC=C(CON(O)O)CC1)C(=O)N1CCC[C@H]1C(=O)O. The van der Waals surface area contributed by atoms with E-state index in [1.165, 1.54) is 11.0 Å². The summed E-state index contributed by atoms with van der Waals surface area (Å²) in [4.78, 5) is 53.3. The normalized spacial score (nSPS) is 19.2. The molecule has 1 fully saturated rings. The fourth-order valence-electron chi connectivity index (χ4n) is 3.21. The van der Waals surface area contributed by atoms with Crippen molar-refractivity contribution in [1.29, 1.82) is 0 Å². The molecule has 1 aliphatic carbocycles. The average molecular weight is 474 g/mol. The third-order valence-corrected chi connectivity index (χ3v) is 5.94. The summed E-state index contributed by atoms with van der Waals surface area (Å²) in [5.41, 5.74) is 1.10. The Balaban J connectivity index is 1.67. The fraction of sp³-hybridized carbons (Fsp3) is 0.579. The summed E-state index contributed by atoms with van der Waals surface area (Å²) >= 11 is 0.746. The van der Waals surface area contributed by atoms with Crippen LogP contribution in [0.15, 0.2) is 23.3 Å². The van der Waals surface area contributed by atoms with Gasteiger partial charge in [0.05, 0.1) is 12.0 Å². The molecule has 3 N–H and O–H groups in total. The van der Waals surface area contributed by atoms with E-state index in [9.17, 15) is 24.3 Å². The number of carboxylic acid groups (broad SMARTS) is 1. The van der Waals surface area contributed by atoms with E-state index in [0.29, 0.717) is 37.8 Å². The van der Waals surface area contributed by atoms with Gasteiger partial charge in [-0.15, -0.1) is 0 Å². The molecule has 2 atom stereocenters. The van der Waals surface area contributed by atoms with E-state index in [2.05, 4.69) is 4.84 Å². The molecular weight excluding hydrogens is 448 g/mol. The Morgan fingerprint density at radius 3 is 2.59 bits per heavy atom. The number of hydrogen-bond acceptors (Lipinski definition) is 11. The summed E-state index contributed by atoms with van der Waals surface area (Å²) in [5.74, 6) is -2.48. The Hall–Kier alpha value is -2.45.